The zero-order chi connectivity index (χ0) is 9.97. The summed E-state index contributed by atoms with van der Waals surface area (Å²) in [5.74, 6) is -0.934. The SMILES string of the molecule is O=C(NC1CC1)C(=O)c1ccccc1. The Morgan fingerprint density at radius 1 is 1.14 bits per heavy atom. The van der Waals surface area contributed by atoms with Gasteiger partial charge in [-0.25, -0.2) is 0 Å². The first-order valence-electron chi connectivity index (χ1n) is 4.67. The van der Waals surface area contributed by atoms with Gasteiger partial charge in [0.1, 0.15) is 0 Å². The number of carbonyl (C=O) groups is 2. The number of nitrogens with one attached hydrogen (secondary N) is 1. The quantitative estimate of drug-likeness (QED) is 0.572. The highest BCUT2D eigenvalue weighted by molar-refractivity contribution is 6.42. The maximum atomic E-state index is 11.5. The van der Waals surface area contributed by atoms with Gasteiger partial charge in [0.2, 0.25) is 5.78 Å². The molecule has 0 aliphatic heterocycles. The van der Waals surface area contributed by atoms with Gasteiger partial charge >= 0.3 is 0 Å². The van der Waals surface area contributed by atoms with Gasteiger partial charge in [-0.1, -0.05) is 30.3 Å². The number of benzene rings is 1. The normalized spacial score (nSPS) is 14.9. The average molecular weight is 189 g/mol. The maximum absolute atomic E-state index is 11.5. The number of carbonyl (C=O) groups excluding carboxylic acids is 2. The molecule has 0 aromatic heterocycles. The van der Waals surface area contributed by atoms with Crippen molar-refractivity contribution in [1.29, 1.82) is 0 Å². The van der Waals surface area contributed by atoms with E-state index in [9.17, 15) is 9.59 Å². The molecule has 0 heterocycles. The Morgan fingerprint density at radius 2 is 1.79 bits per heavy atom. The lowest BCUT2D eigenvalue weighted by molar-refractivity contribution is -0.117. The molecule has 3 nitrogen and oxygen atoms in total. The zero-order valence-corrected chi connectivity index (χ0v) is 7.69. The number of Topliss-reactive ketones (excluding diaryl/α,β-unsaturated/α-hetero) is 1. The van der Waals surface area contributed by atoms with Crippen molar-refractivity contribution >= 4 is 11.7 Å². The van der Waals surface area contributed by atoms with Crippen molar-refractivity contribution in [3.05, 3.63) is 35.9 Å². The van der Waals surface area contributed by atoms with Crippen LogP contribution in [0.5, 0.6) is 0 Å². The van der Waals surface area contributed by atoms with Crippen LogP contribution in [-0.4, -0.2) is 17.7 Å². The Labute approximate surface area is 82.1 Å². The summed E-state index contributed by atoms with van der Waals surface area (Å²) >= 11 is 0. The summed E-state index contributed by atoms with van der Waals surface area (Å²) in [7, 11) is 0. The van der Waals surface area contributed by atoms with Crippen LogP contribution >= 0.6 is 0 Å². The van der Waals surface area contributed by atoms with Gasteiger partial charge < -0.3 is 5.32 Å². The van der Waals surface area contributed by atoms with E-state index in [1.54, 1.807) is 24.3 Å². The molecule has 0 atom stereocenters. The standard InChI is InChI=1S/C11H11NO2/c13-10(8-4-2-1-3-5-8)11(14)12-9-6-7-9/h1-5,9H,6-7H2,(H,12,14). The van der Waals surface area contributed by atoms with Gasteiger partial charge in [0, 0.05) is 11.6 Å². The summed E-state index contributed by atoms with van der Waals surface area (Å²) in [6.07, 6.45) is 1.99. The van der Waals surface area contributed by atoms with E-state index in [0.29, 0.717) is 5.56 Å². The van der Waals surface area contributed by atoms with Gasteiger partial charge in [0.15, 0.2) is 0 Å². The molecular weight excluding hydrogens is 178 g/mol. The monoisotopic (exact) mass is 189 g/mol. The minimum atomic E-state index is -0.487. The molecule has 1 amide bonds. The van der Waals surface area contributed by atoms with E-state index in [-0.39, 0.29) is 6.04 Å². The maximum Gasteiger partial charge on any atom is 0.292 e. The summed E-state index contributed by atoms with van der Waals surface area (Å²) in [4.78, 5) is 22.8. The van der Waals surface area contributed by atoms with Gasteiger partial charge in [-0.3, -0.25) is 9.59 Å². The lowest BCUT2D eigenvalue weighted by Crippen LogP contribution is -2.32. The van der Waals surface area contributed by atoms with Crippen LogP contribution in [0.1, 0.15) is 23.2 Å². The number of hydrogen-bond donors (Lipinski definition) is 1. The fourth-order valence-electron chi connectivity index (χ4n) is 1.20. The molecule has 1 aliphatic rings. The molecule has 1 aliphatic carbocycles. The summed E-state index contributed by atoms with van der Waals surface area (Å²) in [6.45, 7) is 0. The van der Waals surface area contributed by atoms with Crippen LogP contribution in [0.3, 0.4) is 0 Å². The fraction of sp³-hybridized carbons (Fsp3) is 0.273. The predicted molar refractivity (Wildman–Crippen MR) is 51.9 cm³/mol. The number of ketones is 1. The minimum absolute atomic E-state index is 0.232. The summed E-state index contributed by atoms with van der Waals surface area (Å²) in [5.41, 5.74) is 0.450. The van der Waals surface area contributed by atoms with Crippen molar-refractivity contribution in [2.45, 2.75) is 18.9 Å². The molecule has 0 spiro atoms. The molecule has 14 heavy (non-hydrogen) atoms. The third-order valence-electron chi connectivity index (χ3n) is 2.15. The van der Waals surface area contributed by atoms with E-state index in [4.69, 9.17) is 0 Å². The average Bonchev–Trinajstić information content (AvgIpc) is 3.02. The first-order chi connectivity index (χ1) is 6.77. The van der Waals surface area contributed by atoms with Gasteiger partial charge in [0.05, 0.1) is 0 Å². The minimum Gasteiger partial charge on any atom is -0.346 e. The lowest BCUT2D eigenvalue weighted by atomic mass is 10.1. The molecule has 1 saturated carbocycles. The summed E-state index contributed by atoms with van der Waals surface area (Å²) in [6, 6.07) is 8.84. The zero-order valence-electron chi connectivity index (χ0n) is 7.69. The van der Waals surface area contributed by atoms with Gasteiger partial charge in [-0.05, 0) is 12.8 Å². The fourth-order valence-corrected chi connectivity index (χ4v) is 1.20. The Kier molecular flexibility index (Phi) is 2.31. The van der Waals surface area contributed by atoms with Crippen LogP contribution < -0.4 is 5.32 Å². The van der Waals surface area contributed by atoms with E-state index in [1.807, 2.05) is 6.07 Å². The highest BCUT2D eigenvalue weighted by Gasteiger charge is 2.26. The third-order valence-corrected chi connectivity index (χ3v) is 2.15. The highest BCUT2D eigenvalue weighted by Crippen LogP contribution is 2.18. The van der Waals surface area contributed by atoms with E-state index >= 15 is 0 Å². The molecule has 72 valence electrons. The van der Waals surface area contributed by atoms with Crippen molar-refractivity contribution in [1.82, 2.24) is 5.32 Å². The van der Waals surface area contributed by atoms with E-state index in [2.05, 4.69) is 5.32 Å². The van der Waals surface area contributed by atoms with Crippen molar-refractivity contribution in [2.24, 2.45) is 0 Å². The molecular formula is C11H11NO2. The molecule has 1 aromatic carbocycles. The van der Waals surface area contributed by atoms with Crippen molar-refractivity contribution in [3.63, 3.8) is 0 Å². The smallest absolute Gasteiger partial charge is 0.292 e. The Hall–Kier alpha value is -1.64. The van der Waals surface area contributed by atoms with Crippen LogP contribution in [0.25, 0.3) is 0 Å². The van der Waals surface area contributed by atoms with E-state index < -0.39 is 11.7 Å². The van der Waals surface area contributed by atoms with Crippen molar-refractivity contribution in [2.75, 3.05) is 0 Å². The van der Waals surface area contributed by atoms with Crippen LogP contribution in [0, 0.1) is 0 Å². The molecule has 3 heteroatoms. The lowest BCUT2D eigenvalue weighted by Gasteiger charge is -2.01. The largest absolute Gasteiger partial charge is 0.346 e. The van der Waals surface area contributed by atoms with Crippen LogP contribution in [0.15, 0.2) is 30.3 Å². The van der Waals surface area contributed by atoms with Crippen LogP contribution in [0.2, 0.25) is 0 Å². The molecule has 1 N–H and O–H groups in total. The molecule has 1 fully saturated rings. The highest BCUT2D eigenvalue weighted by atomic mass is 16.2. The molecule has 0 bridgehead atoms. The summed E-state index contributed by atoms with van der Waals surface area (Å²) < 4.78 is 0. The van der Waals surface area contributed by atoms with Crippen LogP contribution in [0.4, 0.5) is 0 Å². The third kappa shape index (κ3) is 1.99. The Balaban J connectivity index is 2.03. The second kappa shape index (κ2) is 3.62. The number of rotatable bonds is 3. The number of hydrogen-bond acceptors (Lipinski definition) is 2. The molecule has 1 aromatic rings. The second-order valence-corrected chi connectivity index (χ2v) is 3.44. The van der Waals surface area contributed by atoms with Gasteiger partial charge in [-0.15, -0.1) is 0 Å². The van der Waals surface area contributed by atoms with Crippen molar-refractivity contribution < 1.29 is 9.59 Å². The van der Waals surface area contributed by atoms with Gasteiger partial charge in [-0.2, -0.15) is 0 Å². The topological polar surface area (TPSA) is 46.2 Å². The first-order valence-corrected chi connectivity index (χ1v) is 4.67. The van der Waals surface area contributed by atoms with Crippen LogP contribution in [-0.2, 0) is 4.79 Å². The molecule has 0 unspecified atom stereocenters. The molecule has 0 radical (unpaired) electrons. The second-order valence-electron chi connectivity index (χ2n) is 3.44. The Bertz CT molecular complexity index is 355. The first kappa shape index (κ1) is 8.94. The Morgan fingerprint density at radius 3 is 2.36 bits per heavy atom. The predicted octanol–water partition coefficient (Wildman–Crippen LogP) is 1.15. The molecule has 2 rings (SSSR count). The number of amides is 1. The van der Waals surface area contributed by atoms with E-state index in [0.717, 1.165) is 12.8 Å². The molecule has 0 saturated heterocycles. The van der Waals surface area contributed by atoms with E-state index in [1.165, 1.54) is 0 Å². The summed E-state index contributed by atoms with van der Waals surface area (Å²) in [5, 5.41) is 2.66. The van der Waals surface area contributed by atoms with Crippen molar-refractivity contribution in [3.8, 4) is 0 Å². The van der Waals surface area contributed by atoms with Gasteiger partial charge in [0.25, 0.3) is 5.91 Å².